The van der Waals surface area contributed by atoms with E-state index in [9.17, 15) is 19.4 Å². The number of aliphatic hydroxyl groups excluding tert-OH is 3. The van der Waals surface area contributed by atoms with Crippen LogP contribution in [0.5, 0.6) is 0 Å². The second-order valence-corrected chi connectivity index (χ2v) is 3.64. The minimum atomic E-state index is -2.76. The Hall–Kier alpha value is -0.800. The van der Waals surface area contributed by atoms with E-state index in [1.54, 1.807) is 0 Å². The summed E-state index contributed by atoms with van der Waals surface area (Å²) >= 11 is 0. The van der Waals surface area contributed by atoms with Crippen LogP contribution in [0.25, 0.3) is 0 Å². The number of carboxylic acids is 1. The molecule has 1 unspecified atom stereocenters. The Morgan fingerprint density at radius 3 is 2.62 bits per heavy atom. The number of carboxylic acid groups (broad SMARTS) is 1. The van der Waals surface area contributed by atoms with Gasteiger partial charge in [0.15, 0.2) is 6.17 Å². The van der Waals surface area contributed by atoms with Gasteiger partial charge in [-0.15, -0.1) is 0 Å². The Kier molecular flexibility index (Phi) is 3.81. The van der Waals surface area contributed by atoms with Gasteiger partial charge in [-0.05, 0) is 0 Å². The summed E-state index contributed by atoms with van der Waals surface area (Å²) in [5, 5.41) is 45.0. The van der Waals surface area contributed by atoms with Gasteiger partial charge in [0.2, 0.25) is 0 Å². The number of carbonyl (C=O) groups is 1. The molecule has 1 aliphatic rings. The van der Waals surface area contributed by atoms with Gasteiger partial charge in [-0.25, -0.2) is 9.18 Å². The van der Waals surface area contributed by atoms with Gasteiger partial charge in [0, 0.05) is 6.42 Å². The summed E-state index contributed by atoms with van der Waals surface area (Å²) in [6.45, 7) is -0.881. The fourth-order valence-electron chi connectivity index (χ4n) is 1.49. The molecule has 0 spiro atoms. The minimum absolute atomic E-state index is 0.849. The molecule has 0 aromatic heterocycles. The molecule has 1 saturated heterocycles. The number of aliphatic hydroxyl groups is 4. The molecule has 0 radical (unpaired) electrons. The maximum atomic E-state index is 13.3. The first-order valence-corrected chi connectivity index (χ1v) is 4.56. The fourth-order valence-corrected chi connectivity index (χ4v) is 1.49. The maximum Gasteiger partial charge on any atom is 0.364 e. The molecule has 0 aromatic carbocycles. The molecule has 0 amide bonds. The molecule has 94 valence electrons. The number of halogens is 1. The van der Waals surface area contributed by atoms with Crippen molar-refractivity contribution >= 4 is 5.97 Å². The van der Waals surface area contributed by atoms with Gasteiger partial charge in [0.1, 0.15) is 12.2 Å². The quantitative estimate of drug-likeness (QED) is 0.372. The predicted molar refractivity (Wildman–Crippen MR) is 46.1 cm³/mol. The third-order valence-electron chi connectivity index (χ3n) is 2.40. The molecule has 0 aliphatic carbocycles. The van der Waals surface area contributed by atoms with Crippen molar-refractivity contribution in [3.05, 3.63) is 0 Å². The maximum absolute atomic E-state index is 13.3. The number of hydrogen-bond acceptors (Lipinski definition) is 6. The zero-order chi connectivity index (χ0) is 12.5. The number of aliphatic carboxylic acids is 1. The summed E-state index contributed by atoms with van der Waals surface area (Å²) in [6.07, 6.45) is -8.24. The lowest BCUT2D eigenvalue weighted by Crippen LogP contribution is -2.60. The average molecular weight is 240 g/mol. The van der Waals surface area contributed by atoms with Crippen LogP contribution in [0.15, 0.2) is 0 Å². The highest BCUT2D eigenvalue weighted by Gasteiger charge is 2.52. The number of alkyl halides is 1. The summed E-state index contributed by atoms with van der Waals surface area (Å²) in [4.78, 5) is 10.6. The molecule has 16 heavy (non-hydrogen) atoms. The highest BCUT2D eigenvalue weighted by Crippen LogP contribution is 2.31. The van der Waals surface area contributed by atoms with Crippen LogP contribution in [0, 0.1) is 0 Å². The Morgan fingerprint density at radius 1 is 1.62 bits per heavy atom. The van der Waals surface area contributed by atoms with Gasteiger partial charge >= 0.3 is 5.97 Å². The molecule has 1 aliphatic heterocycles. The molecule has 5 atom stereocenters. The summed E-state index contributed by atoms with van der Waals surface area (Å²) in [7, 11) is 0. The lowest BCUT2D eigenvalue weighted by molar-refractivity contribution is -0.300. The van der Waals surface area contributed by atoms with Crippen molar-refractivity contribution in [3.63, 3.8) is 0 Å². The molecule has 0 bridgehead atoms. The van der Waals surface area contributed by atoms with Crippen molar-refractivity contribution in [3.8, 4) is 0 Å². The van der Waals surface area contributed by atoms with Crippen LogP contribution in [-0.4, -0.2) is 68.4 Å². The Labute approximate surface area is 89.7 Å². The number of hydrogen-bond donors (Lipinski definition) is 5. The van der Waals surface area contributed by atoms with Crippen molar-refractivity contribution in [2.24, 2.45) is 0 Å². The van der Waals surface area contributed by atoms with Crippen molar-refractivity contribution in [2.45, 2.75) is 36.7 Å². The molecule has 5 N–H and O–H groups in total. The fraction of sp³-hybridized carbons (Fsp3) is 0.875. The first kappa shape index (κ1) is 13.3. The molecule has 1 rings (SSSR count). The van der Waals surface area contributed by atoms with Gasteiger partial charge in [0.05, 0.1) is 12.7 Å². The lowest BCUT2D eigenvalue weighted by atomic mass is 9.94. The molecule has 7 nitrogen and oxygen atoms in total. The molecule has 8 heteroatoms. The van der Waals surface area contributed by atoms with Crippen LogP contribution in [0.4, 0.5) is 4.39 Å². The zero-order valence-corrected chi connectivity index (χ0v) is 8.15. The number of rotatable bonds is 3. The van der Waals surface area contributed by atoms with Crippen molar-refractivity contribution in [1.82, 2.24) is 0 Å². The molecule has 0 aromatic rings. The second kappa shape index (κ2) is 4.60. The van der Waals surface area contributed by atoms with E-state index in [0.29, 0.717) is 0 Å². The van der Waals surface area contributed by atoms with Gasteiger partial charge in [0.25, 0.3) is 5.79 Å². The van der Waals surface area contributed by atoms with Crippen molar-refractivity contribution in [2.75, 3.05) is 6.61 Å². The first-order chi connectivity index (χ1) is 7.31. The Morgan fingerprint density at radius 2 is 2.19 bits per heavy atom. The van der Waals surface area contributed by atoms with Crippen LogP contribution in [0.2, 0.25) is 0 Å². The van der Waals surface area contributed by atoms with E-state index >= 15 is 0 Å². The van der Waals surface area contributed by atoms with E-state index in [1.807, 2.05) is 0 Å². The zero-order valence-electron chi connectivity index (χ0n) is 8.15. The van der Waals surface area contributed by atoms with Crippen LogP contribution in [0.3, 0.4) is 0 Å². The summed E-state index contributed by atoms with van der Waals surface area (Å²) in [6, 6.07) is 0. The summed E-state index contributed by atoms with van der Waals surface area (Å²) in [5.41, 5.74) is 0. The smallest absolute Gasteiger partial charge is 0.364 e. The van der Waals surface area contributed by atoms with E-state index in [2.05, 4.69) is 4.74 Å². The Balaban J connectivity index is 2.89. The minimum Gasteiger partial charge on any atom is -0.477 e. The van der Waals surface area contributed by atoms with Crippen LogP contribution in [0.1, 0.15) is 6.42 Å². The summed E-state index contributed by atoms with van der Waals surface area (Å²) in [5.74, 6) is -4.56. The highest BCUT2D eigenvalue weighted by atomic mass is 19.1. The van der Waals surface area contributed by atoms with Crippen LogP contribution < -0.4 is 0 Å². The molecule has 0 saturated carbocycles. The van der Waals surface area contributed by atoms with Gasteiger partial charge in [-0.2, -0.15) is 0 Å². The van der Waals surface area contributed by atoms with Gasteiger partial charge < -0.3 is 30.3 Å². The second-order valence-electron chi connectivity index (χ2n) is 3.64. The van der Waals surface area contributed by atoms with E-state index in [4.69, 9.17) is 15.3 Å². The molecular weight excluding hydrogens is 227 g/mol. The largest absolute Gasteiger partial charge is 0.477 e. The Bertz CT molecular complexity index is 273. The summed E-state index contributed by atoms with van der Waals surface area (Å²) < 4.78 is 17.8. The topological polar surface area (TPSA) is 127 Å². The standard InChI is InChI=1S/C8H13FO7/c9-5-3(11)1-8(15,7(13)14)16-6(5)4(12)2-10/h3-6,10-12,15H,1-2H2,(H,13,14)/t3-,4-,5+,6?,8-/m1/s1. The van der Waals surface area contributed by atoms with E-state index in [-0.39, 0.29) is 0 Å². The third-order valence-corrected chi connectivity index (χ3v) is 2.40. The van der Waals surface area contributed by atoms with Crippen LogP contribution >= 0.6 is 0 Å². The first-order valence-electron chi connectivity index (χ1n) is 4.56. The monoisotopic (exact) mass is 240 g/mol. The third kappa shape index (κ3) is 2.30. The average Bonchev–Trinajstić information content (AvgIpc) is 2.22. The highest BCUT2D eigenvalue weighted by molar-refractivity contribution is 5.75. The normalized spacial score (nSPS) is 41.7. The van der Waals surface area contributed by atoms with Gasteiger partial charge in [-0.1, -0.05) is 0 Å². The molecule has 1 heterocycles. The van der Waals surface area contributed by atoms with E-state index in [1.165, 1.54) is 0 Å². The van der Waals surface area contributed by atoms with Crippen LogP contribution in [-0.2, 0) is 9.53 Å². The SMILES string of the molecule is O=C(O)[C@@]1(O)C[C@@H](O)[C@H](F)C([C@H](O)CO)O1. The van der Waals surface area contributed by atoms with Crippen molar-refractivity contribution < 1.29 is 39.5 Å². The number of ether oxygens (including phenoxy) is 1. The van der Waals surface area contributed by atoms with E-state index < -0.39 is 49.3 Å². The predicted octanol–water partition coefficient (Wildman–Crippen LogP) is -2.40. The van der Waals surface area contributed by atoms with Gasteiger partial charge in [-0.3, -0.25) is 0 Å². The lowest BCUT2D eigenvalue weighted by Gasteiger charge is -2.40. The molecule has 1 fully saturated rings. The molecular formula is C8H13FO7. The van der Waals surface area contributed by atoms with E-state index in [0.717, 1.165) is 0 Å². The van der Waals surface area contributed by atoms with Crippen molar-refractivity contribution in [1.29, 1.82) is 0 Å².